The number of hydrogen-bond acceptors (Lipinski definition) is 2. The van der Waals surface area contributed by atoms with Crippen LogP contribution >= 0.6 is 11.6 Å². The zero-order valence-electron chi connectivity index (χ0n) is 11.0. The van der Waals surface area contributed by atoms with Gasteiger partial charge in [0.15, 0.2) is 5.78 Å². The van der Waals surface area contributed by atoms with Gasteiger partial charge in [0.1, 0.15) is 0 Å². The summed E-state index contributed by atoms with van der Waals surface area (Å²) in [7, 11) is 0. The molecule has 1 aromatic rings. The maximum absolute atomic E-state index is 11.9. The lowest BCUT2D eigenvalue weighted by Gasteiger charge is -2.05. The average molecular weight is 268 g/mol. The zero-order chi connectivity index (χ0) is 13.4. The number of ketones is 1. The summed E-state index contributed by atoms with van der Waals surface area (Å²) in [5, 5.41) is 0.573. The van der Waals surface area contributed by atoms with E-state index < -0.39 is 0 Å². The van der Waals surface area contributed by atoms with Crippen LogP contribution in [0.1, 0.15) is 62.2 Å². The van der Waals surface area contributed by atoms with Gasteiger partial charge in [0.25, 0.3) is 0 Å². The Morgan fingerprint density at radius 1 is 1.17 bits per heavy atom. The molecule has 0 aromatic heterocycles. The van der Waals surface area contributed by atoms with Crippen molar-refractivity contribution < 1.29 is 4.79 Å². The second kappa shape index (κ2) is 8.15. The summed E-state index contributed by atoms with van der Waals surface area (Å²) in [5.41, 5.74) is 6.88. The SMILES string of the molecule is CCCCCCCCC(=O)c1ccc(Cl)cc1N. The van der Waals surface area contributed by atoms with Gasteiger partial charge in [-0.05, 0) is 24.6 Å². The number of carbonyl (C=O) groups excluding carboxylic acids is 1. The third-order valence-corrected chi connectivity index (χ3v) is 3.31. The molecule has 0 spiro atoms. The van der Waals surface area contributed by atoms with Gasteiger partial charge in [-0.25, -0.2) is 0 Å². The molecule has 0 heterocycles. The Balaban J connectivity index is 2.32. The lowest BCUT2D eigenvalue weighted by Crippen LogP contribution is -2.03. The van der Waals surface area contributed by atoms with E-state index in [0.717, 1.165) is 12.8 Å². The van der Waals surface area contributed by atoms with E-state index in [2.05, 4.69) is 6.92 Å². The van der Waals surface area contributed by atoms with Crippen LogP contribution in [0.25, 0.3) is 0 Å². The molecule has 2 N–H and O–H groups in total. The van der Waals surface area contributed by atoms with Gasteiger partial charge >= 0.3 is 0 Å². The molecule has 0 aliphatic carbocycles. The summed E-state index contributed by atoms with van der Waals surface area (Å²) in [4.78, 5) is 11.9. The van der Waals surface area contributed by atoms with Crippen molar-refractivity contribution >= 4 is 23.1 Å². The summed E-state index contributed by atoms with van der Waals surface area (Å²) >= 11 is 5.81. The van der Waals surface area contributed by atoms with Gasteiger partial charge in [-0.15, -0.1) is 0 Å². The summed E-state index contributed by atoms with van der Waals surface area (Å²) in [6, 6.07) is 5.07. The number of nitrogen functional groups attached to an aromatic ring is 1. The molecule has 0 aliphatic heterocycles. The van der Waals surface area contributed by atoms with Gasteiger partial charge in [0, 0.05) is 22.7 Å². The molecular weight excluding hydrogens is 246 g/mol. The van der Waals surface area contributed by atoms with Crippen molar-refractivity contribution in [2.45, 2.75) is 51.9 Å². The first-order valence-electron chi connectivity index (χ1n) is 6.73. The molecule has 1 aromatic carbocycles. The van der Waals surface area contributed by atoms with Crippen LogP contribution in [-0.4, -0.2) is 5.78 Å². The van der Waals surface area contributed by atoms with Crippen LogP contribution in [-0.2, 0) is 0 Å². The minimum atomic E-state index is 0.125. The van der Waals surface area contributed by atoms with Crippen molar-refractivity contribution in [3.63, 3.8) is 0 Å². The Morgan fingerprint density at radius 3 is 2.50 bits per heavy atom. The van der Waals surface area contributed by atoms with Crippen LogP contribution in [0.3, 0.4) is 0 Å². The van der Waals surface area contributed by atoms with Gasteiger partial charge in [-0.2, -0.15) is 0 Å². The van der Waals surface area contributed by atoms with Gasteiger partial charge in [0.05, 0.1) is 0 Å². The largest absolute Gasteiger partial charge is 0.398 e. The summed E-state index contributed by atoms with van der Waals surface area (Å²) in [5.74, 6) is 0.125. The molecule has 0 radical (unpaired) electrons. The fourth-order valence-electron chi connectivity index (χ4n) is 1.99. The van der Waals surface area contributed by atoms with Crippen molar-refractivity contribution in [1.82, 2.24) is 0 Å². The Labute approximate surface area is 115 Å². The van der Waals surface area contributed by atoms with Crippen molar-refractivity contribution in [2.24, 2.45) is 0 Å². The Morgan fingerprint density at radius 2 is 1.83 bits per heavy atom. The number of rotatable bonds is 8. The molecule has 1 rings (SSSR count). The summed E-state index contributed by atoms with van der Waals surface area (Å²) in [6.07, 6.45) is 7.69. The Hall–Kier alpha value is -1.02. The fourth-order valence-corrected chi connectivity index (χ4v) is 2.17. The molecule has 0 saturated carbocycles. The van der Waals surface area contributed by atoms with Gasteiger partial charge in [-0.3, -0.25) is 4.79 Å². The normalized spacial score (nSPS) is 10.6. The predicted octanol–water partition coefficient (Wildman–Crippen LogP) is 4.86. The third kappa shape index (κ3) is 5.09. The number of benzene rings is 1. The maximum atomic E-state index is 11.9. The number of anilines is 1. The van der Waals surface area contributed by atoms with Gasteiger partial charge in [0.2, 0.25) is 0 Å². The van der Waals surface area contributed by atoms with Crippen LogP contribution < -0.4 is 5.73 Å². The average Bonchev–Trinajstić information content (AvgIpc) is 2.33. The predicted molar refractivity (Wildman–Crippen MR) is 78.2 cm³/mol. The highest BCUT2D eigenvalue weighted by molar-refractivity contribution is 6.31. The monoisotopic (exact) mass is 267 g/mol. The summed E-state index contributed by atoms with van der Waals surface area (Å²) in [6.45, 7) is 2.20. The van der Waals surface area contributed by atoms with E-state index in [0.29, 0.717) is 22.7 Å². The van der Waals surface area contributed by atoms with Crippen LogP contribution in [0.5, 0.6) is 0 Å². The van der Waals surface area contributed by atoms with Crippen molar-refractivity contribution in [3.8, 4) is 0 Å². The first kappa shape index (κ1) is 15.0. The number of halogens is 1. The van der Waals surface area contributed by atoms with E-state index in [9.17, 15) is 4.79 Å². The van der Waals surface area contributed by atoms with Crippen molar-refractivity contribution in [2.75, 3.05) is 5.73 Å². The molecule has 0 unspecified atom stereocenters. The second-order valence-electron chi connectivity index (χ2n) is 4.67. The second-order valence-corrected chi connectivity index (χ2v) is 5.11. The van der Waals surface area contributed by atoms with E-state index >= 15 is 0 Å². The minimum absolute atomic E-state index is 0.125. The highest BCUT2D eigenvalue weighted by Crippen LogP contribution is 2.20. The number of hydrogen-bond donors (Lipinski definition) is 1. The first-order chi connectivity index (χ1) is 8.65. The van der Waals surface area contributed by atoms with Crippen molar-refractivity contribution in [3.05, 3.63) is 28.8 Å². The topological polar surface area (TPSA) is 43.1 Å². The van der Waals surface area contributed by atoms with Crippen LogP contribution in [0.15, 0.2) is 18.2 Å². The maximum Gasteiger partial charge on any atom is 0.164 e. The third-order valence-electron chi connectivity index (χ3n) is 3.07. The van der Waals surface area contributed by atoms with Crippen LogP contribution in [0, 0.1) is 0 Å². The minimum Gasteiger partial charge on any atom is -0.398 e. The quantitative estimate of drug-likeness (QED) is 0.415. The number of Topliss-reactive ketones (excluding diaryl/α,β-unsaturated/α-hetero) is 1. The highest BCUT2D eigenvalue weighted by Gasteiger charge is 2.09. The molecule has 100 valence electrons. The number of carbonyl (C=O) groups is 1. The zero-order valence-corrected chi connectivity index (χ0v) is 11.8. The lowest BCUT2D eigenvalue weighted by molar-refractivity contribution is 0.0980. The van der Waals surface area contributed by atoms with Gasteiger partial charge in [-0.1, -0.05) is 50.6 Å². The molecule has 0 amide bonds. The lowest BCUT2D eigenvalue weighted by atomic mass is 10.0. The van der Waals surface area contributed by atoms with E-state index in [1.165, 1.54) is 25.7 Å². The van der Waals surface area contributed by atoms with Crippen LogP contribution in [0.4, 0.5) is 5.69 Å². The molecule has 0 fully saturated rings. The van der Waals surface area contributed by atoms with Crippen molar-refractivity contribution in [1.29, 1.82) is 0 Å². The van der Waals surface area contributed by atoms with E-state index in [1.807, 2.05) is 0 Å². The molecular formula is C15H22ClNO. The molecule has 0 bridgehead atoms. The molecule has 0 saturated heterocycles. The first-order valence-corrected chi connectivity index (χ1v) is 7.11. The van der Waals surface area contributed by atoms with E-state index in [1.54, 1.807) is 18.2 Å². The Kier molecular flexibility index (Phi) is 6.81. The Bertz CT molecular complexity index is 390. The van der Waals surface area contributed by atoms with Crippen LogP contribution in [0.2, 0.25) is 5.02 Å². The molecule has 0 aliphatic rings. The fraction of sp³-hybridized carbons (Fsp3) is 0.533. The van der Waals surface area contributed by atoms with E-state index in [-0.39, 0.29) is 5.78 Å². The molecule has 2 nitrogen and oxygen atoms in total. The number of nitrogens with two attached hydrogens (primary N) is 1. The van der Waals surface area contributed by atoms with E-state index in [4.69, 9.17) is 17.3 Å². The summed E-state index contributed by atoms with van der Waals surface area (Å²) < 4.78 is 0. The molecule has 3 heteroatoms. The highest BCUT2D eigenvalue weighted by atomic mass is 35.5. The smallest absolute Gasteiger partial charge is 0.164 e. The number of unbranched alkanes of at least 4 members (excludes halogenated alkanes) is 5. The standard InChI is InChI=1S/C15H22ClNO/c1-2-3-4-5-6-7-8-15(18)13-10-9-12(16)11-14(13)17/h9-11H,2-8,17H2,1H3. The van der Waals surface area contributed by atoms with Gasteiger partial charge < -0.3 is 5.73 Å². The molecule has 18 heavy (non-hydrogen) atoms. The molecule has 0 atom stereocenters.